The highest BCUT2D eigenvalue weighted by Gasteiger charge is 2.34. The largest absolute Gasteiger partial charge is 0.489 e. The fourth-order valence-corrected chi connectivity index (χ4v) is 4.90. The molecule has 0 saturated heterocycles. The average molecular weight is 444 g/mol. The van der Waals surface area contributed by atoms with Crippen LogP contribution in [0.15, 0.2) is 71.6 Å². The number of hydrogen-bond acceptors (Lipinski definition) is 4. The van der Waals surface area contributed by atoms with Crippen molar-refractivity contribution in [1.29, 1.82) is 5.26 Å². The number of hydrogen-bond donors (Lipinski definition) is 0. The lowest BCUT2D eigenvalue weighted by Crippen LogP contribution is -2.38. The molecule has 0 amide bonds. The highest BCUT2D eigenvalue weighted by atomic mass is 32.2. The Kier molecular flexibility index (Phi) is 5.11. The van der Waals surface area contributed by atoms with Gasteiger partial charge in [0.25, 0.3) is 10.0 Å². The minimum absolute atomic E-state index is 0.0549. The first-order valence-electron chi connectivity index (χ1n) is 9.18. The first-order valence-corrected chi connectivity index (χ1v) is 10.6. The van der Waals surface area contributed by atoms with E-state index in [-0.39, 0.29) is 18.8 Å². The molecule has 1 heterocycles. The first-order chi connectivity index (χ1) is 14.7. The SMILES string of the molecule is N#Cc1ccccc1-c1ccc2c(c1)N(S(=O)(=O)c1cccc(C(F)(F)F)c1)CCO2. The molecular formula is C22H15F3N2O3S. The molecule has 31 heavy (non-hydrogen) atoms. The Balaban J connectivity index is 1.82. The van der Waals surface area contributed by atoms with E-state index in [9.17, 15) is 26.9 Å². The van der Waals surface area contributed by atoms with E-state index >= 15 is 0 Å². The smallest absolute Gasteiger partial charge is 0.416 e. The minimum atomic E-state index is -4.66. The fourth-order valence-electron chi connectivity index (χ4n) is 3.40. The van der Waals surface area contributed by atoms with Crippen LogP contribution in [0.3, 0.4) is 0 Å². The van der Waals surface area contributed by atoms with Crippen molar-refractivity contribution in [2.75, 3.05) is 17.5 Å². The number of ether oxygens (including phenoxy) is 1. The zero-order valence-electron chi connectivity index (χ0n) is 15.9. The molecule has 4 rings (SSSR count). The van der Waals surface area contributed by atoms with E-state index in [1.807, 2.05) is 0 Å². The molecule has 0 saturated carbocycles. The first kappa shape index (κ1) is 20.8. The summed E-state index contributed by atoms with van der Waals surface area (Å²) >= 11 is 0. The number of fused-ring (bicyclic) bond motifs is 1. The number of halogens is 3. The van der Waals surface area contributed by atoms with Gasteiger partial charge in [0.05, 0.1) is 34.3 Å². The fraction of sp³-hybridized carbons (Fsp3) is 0.136. The van der Waals surface area contributed by atoms with Crippen molar-refractivity contribution >= 4 is 15.7 Å². The van der Waals surface area contributed by atoms with Gasteiger partial charge in [-0.05, 0) is 47.5 Å². The van der Waals surface area contributed by atoms with Crippen molar-refractivity contribution in [2.24, 2.45) is 0 Å². The molecule has 0 atom stereocenters. The summed E-state index contributed by atoms with van der Waals surface area (Å²) in [6.45, 7) is -0.00570. The Bertz CT molecular complexity index is 1300. The third kappa shape index (κ3) is 3.82. The van der Waals surface area contributed by atoms with Gasteiger partial charge in [0.2, 0.25) is 0 Å². The number of rotatable bonds is 3. The Morgan fingerprint density at radius 1 is 1.00 bits per heavy atom. The molecule has 0 aliphatic carbocycles. The molecular weight excluding hydrogens is 429 g/mol. The molecule has 9 heteroatoms. The van der Waals surface area contributed by atoms with E-state index in [1.165, 1.54) is 0 Å². The van der Waals surface area contributed by atoms with E-state index < -0.39 is 26.7 Å². The lowest BCUT2D eigenvalue weighted by Gasteiger charge is -2.31. The quantitative estimate of drug-likeness (QED) is 0.580. The van der Waals surface area contributed by atoms with Gasteiger partial charge in [0, 0.05) is 0 Å². The normalized spacial score (nSPS) is 13.8. The maximum absolute atomic E-state index is 13.3. The van der Waals surface area contributed by atoms with E-state index in [2.05, 4.69) is 6.07 Å². The summed E-state index contributed by atoms with van der Waals surface area (Å²) in [6, 6.07) is 17.4. The zero-order chi connectivity index (χ0) is 22.2. The van der Waals surface area contributed by atoms with Crippen LogP contribution in [0.4, 0.5) is 18.9 Å². The summed E-state index contributed by atoms with van der Waals surface area (Å²) in [5.74, 6) is 0.292. The van der Waals surface area contributed by atoms with Gasteiger partial charge in [0.1, 0.15) is 12.4 Å². The molecule has 0 bridgehead atoms. The number of alkyl halides is 3. The molecule has 0 unspecified atom stereocenters. The van der Waals surface area contributed by atoms with E-state index in [0.717, 1.165) is 22.5 Å². The second kappa shape index (κ2) is 7.63. The summed E-state index contributed by atoms with van der Waals surface area (Å²) in [6.07, 6.45) is -4.66. The number of nitriles is 1. The number of nitrogens with zero attached hydrogens (tertiary/aromatic N) is 2. The van der Waals surface area contributed by atoms with Gasteiger partial charge in [-0.25, -0.2) is 8.42 Å². The Hall–Kier alpha value is -3.51. The standard InChI is InChI=1S/C22H15F3N2O3S/c23-22(24,25)17-5-3-6-18(13-17)31(28,29)27-10-11-30-21-9-8-15(12-20(21)27)19-7-2-1-4-16(19)14-26/h1-9,12-13H,10-11H2. The van der Waals surface area contributed by atoms with Gasteiger partial charge in [-0.3, -0.25) is 4.31 Å². The van der Waals surface area contributed by atoms with Crippen LogP contribution in [0.25, 0.3) is 11.1 Å². The molecule has 3 aromatic carbocycles. The van der Waals surface area contributed by atoms with Gasteiger partial charge >= 0.3 is 6.18 Å². The molecule has 0 N–H and O–H groups in total. The van der Waals surface area contributed by atoms with Crippen LogP contribution in [0, 0.1) is 11.3 Å². The Morgan fingerprint density at radius 2 is 1.77 bits per heavy atom. The molecule has 1 aliphatic rings. The lowest BCUT2D eigenvalue weighted by molar-refractivity contribution is -0.137. The van der Waals surface area contributed by atoms with Crippen molar-refractivity contribution in [3.8, 4) is 22.9 Å². The molecule has 158 valence electrons. The van der Waals surface area contributed by atoms with E-state index in [1.54, 1.807) is 42.5 Å². The molecule has 0 aromatic heterocycles. The van der Waals surface area contributed by atoms with E-state index in [4.69, 9.17) is 4.74 Å². The number of sulfonamides is 1. The molecule has 0 fully saturated rings. The molecule has 0 spiro atoms. The predicted octanol–water partition coefficient (Wildman–Crippen LogP) is 4.83. The topological polar surface area (TPSA) is 70.4 Å². The van der Waals surface area contributed by atoms with Crippen molar-refractivity contribution in [1.82, 2.24) is 0 Å². The Morgan fingerprint density at radius 3 is 2.52 bits per heavy atom. The monoisotopic (exact) mass is 444 g/mol. The summed E-state index contributed by atoms with van der Waals surface area (Å²) < 4.78 is 72.4. The van der Waals surface area contributed by atoms with Crippen LogP contribution >= 0.6 is 0 Å². The zero-order valence-corrected chi connectivity index (χ0v) is 16.7. The summed E-state index contributed by atoms with van der Waals surface area (Å²) in [7, 11) is -4.28. The maximum Gasteiger partial charge on any atom is 0.416 e. The van der Waals surface area contributed by atoms with Crippen molar-refractivity contribution < 1.29 is 26.3 Å². The van der Waals surface area contributed by atoms with Crippen LogP contribution < -0.4 is 9.04 Å². The van der Waals surface area contributed by atoms with Gasteiger partial charge in [-0.1, -0.05) is 30.3 Å². The highest BCUT2D eigenvalue weighted by Crippen LogP contribution is 2.39. The van der Waals surface area contributed by atoms with Crippen LogP contribution in [0.5, 0.6) is 5.75 Å². The van der Waals surface area contributed by atoms with Crippen LogP contribution in [0.1, 0.15) is 11.1 Å². The molecule has 1 aliphatic heterocycles. The van der Waals surface area contributed by atoms with Gasteiger partial charge in [-0.2, -0.15) is 18.4 Å². The van der Waals surface area contributed by atoms with Gasteiger partial charge in [-0.15, -0.1) is 0 Å². The predicted molar refractivity (Wildman–Crippen MR) is 108 cm³/mol. The van der Waals surface area contributed by atoms with Crippen molar-refractivity contribution in [3.63, 3.8) is 0 Å². The second-order valence-corrected chi connectivity index (χ2v) is 8.65. The number of benzene rings is 3. The minimum Gasteiger partial charge on any atom is -0.489 e. The second-order valence-electron chi connectivity index (χ2n) is 6.79. The molecule has 0 radical (unpaired) electrons. The van der Waals surface area contributed by atoms with Crippen LogP contribution in [0.2, 0.25) is 0 Å². The van der Waals surface area contributed by atoms with Crippen molar-refractivity contribution in [2.45, 2.75) is 11.1 Å². The summed E-state index contributed by atoms with van der Waals surface area (Å²) in [4.78, 5) is -0.460. The summed E-state index contributed by atoms with van der Waals surface area (Å²) in [5.41, 5.74) is 0.763. The van der Waals surface area contributed by atoms with Gasteiger partial charge in [0.15, 0.2) is 0 Å². The van der Waals surface area contributed by atoms with Crippen molar-refractivity contribution in [3.05, 3.63) is 77.9 Å². The average Bonchev–Trinajstić information content (AvgIpc) is 2.77. The Labute approximate surface area is 177 Å². The van der Waals surface area contributed by atoms with Crippen LogP contribution in [-0.4, -0.2) is 21.6 Å². The number of anilines is 1. The third-order valence-corrected chi connectivity index (χ3v) is 6.70. The lowest BCUT2D eigenvalue weighted by atomic mass is 9.99. The molecule has 5 nitrogen and oxygen atoms in total. The van der Waals surface area contributed by atoms with Gasteiger partial charge < -0.3 is 4.74 Å². The summed E-state index contributed by atoms with van der Waals surface area (Å²) in [5, 5.41) is 9.37. The highest BCUT2D eigenvalue weighted by molar-refractivity contribution is 7.92. The maximum atomic E-state index is 13.3. The van der Waals surface area contributed by atoms with Crippen LogP contribution in [-0.2, 0) is 16.2 Å². The third-order valence-electron chi connectivity index (χ3n) is 4.89. The molecule has 3 aromatic rings. The van der Waals surface area contributed by atoms with E-state index in [0.29, 0.717) is 28.5 Å².